The Hall–Kier alpha value is -1.77. The van der Waals surface area contributed by atoms with Gasteiger partial charge in [-0.15, -0.1) is 0 Å². The zero-order valence-electron chi connectivity index (χ0n) is 11.3. The Morgan fingerprint density at radius 2 is 1.95 bits per heavy atom. The molecule has 0 bridgehead atoms. The van der Waals surface area contributed by atoms with Crippen molar-refractivity contribution >= 4 is 16.6 Å². The molecule has 0 atom stereocenters. The Bertz CT molecular complexity index is 574. The van der Waals surface area contributed by atoms with Crippen molar-refractivity contribution in [2.24, 2.45) is 5.92 Å². The van der Waals surface area contributed by atoms with Crippen LogP contribution in [0.2, 0.25) is 0 Å². The lowest BCUT2D eigenvalue weighted by Crippen LogP contribution is -2.23. The molecule has 3 nitrogen and oxygen atoms in total. The second-order valence-corrected chi connectivity index (χ2v) is 5.55. The van der Waals surface area contributed by atoms with Crippen LogP contribution in [0.25, 0.3) is 10.9 Å². The van der Waals surface area contributed by atoms with E-state index in [-0.39, 0.29) is 0 Å². The zero-order chi connectivity index (χ0) is 13.2. The van der Waals surface area contributed by atoms with Gasteiger partial charge in [0.25, 0.3) is 0 Å². The van der Waals surface area contributed by atoms with Gasteiger partial charge in [-0.3, -0.25) is 4.98 Å². The average Bonchev–Trinajstić information content (AvgIpc) is 2.45. The first-order chi connectivity index (χ1) is 9.24. The van der Waals surface area contributed by atoms with Gasteiger partial charge in [0, 0.05) is 17.3 Å². The van der Waals surface area contributed by atoms with Crippen LogP contribution in [0.1, 0.15) is 32.6 Å². The number of ether oxygens (including phenoxy) is 1. The van der Waals surface area contributed by atoms with Crippen molar-refractivity contribution in [3.63, 3.8) is 0 Å². The number of nitrogen functional groups attached to an aromatic ring is 1. The Labute approximate surface area is 113 Å². The van der Waals surface area contributed by atoms with Crippen LogP contribution >= 0.6 is 0 Å². The lowest BCUT2D eigenvalue weighted by atomic mass is 9.89. The monoisotopic (exact) mass is 256 g/mol. The summed E-state index contributed by atoms with van der Waals surface area (Å²) in [6.07, 6.45) is 6.90. The Morgan fingerprint density at radius 3 is 2.74 bits per heavy atom. The van der Waals surface area contributed by atoms with E-state index >= 15 is 0 Å². The van der Waals surface area contributed by atoms with Gasteiger partial charge in [-0.25, -0.2) is 0 Å². The van der Waals surface area contributed by atoms with Gasteiger partial charge < -0.3 is 10.5 Å². The predicted molar refractivity (Wildman–Crippen MR) is 78.2 cm³/mol. The topological polar surface area (TPSA) is 48.1 Å². The van der Waals surface area contributed by atoms with E-state index in [1.54, 1.807) is 6.20 Å². The molecule has 19 heavy (non-hydrogen) atoms. The highest BCUT2D eigenvalue weighted by Crippen LogP contribution is 2.32. The molecule has 1 heterocycles. The van der Waals surface area contributed by atoms with Crippen molar-refractivity contribution in [3.05, 3.63) is 30.5 Å². The minimum Gasteiger partial charge on any atom is -0.488 e. The molecule has 1 aromatic heterocycles. The molecule has 1 fully saturated rings. The largest absolute Gasteiger partial charge is 0.488 e. The lowest BCUT2D eigenvalue weighted by molar-refractivity contribution is 0.137. The highest BCUT2D eigenvalue weighted by atomic mass is 16.5. The van der Waals surface area contributed by atoms with Crippen LogP contribution in [0.15, 0.2) is 30.5 Å². The summed E-state index contributed by atoms with van der Waals surface area (Å²) in [5, 5.41) is 0.976. The van der Waals surface area contributed by atoms with Crippen LogP contribution < -0.4 is 10.5 Å². The third-order valence-corrected chi connectivity index (χ3v) is 4.02. The first-order valence-electron chi connectivity index (χ1n) is 7.04. The normalized spacial score (nSPS) is 23.4. The van der Waals surface area contributed by atoms with E-state index in [0.29, 0.717) is 6.10 Å². The Balaban J connectivity index is 1.87. The molecule has 2 N–H and O–H groups in total. The Kier molecular flexibility index (Phi) is 3.28. The van der Waals surface area contributed by atoms with E-state index in [1.807, 2.05) is 24.3 Å². The number of hydrogen-bond donors (Lipinski definition) is 1. The van der Waals surface area contributed by atoms with E-state index < -0.39 is 0 Å². The fraction of sp³-hybridized carbons (Fsp3) is 0.438. The second kappa shape index (κ2) is 5.08. The van der Waals surface area contributed by atoms with Crippen LogP contribution in [0, 0.1) is 5.92 Å². The summed E-state index contributed by atoms with van der Waals surface area (Å²) in [6, 6.07) is 7.76. The SMILES string of the molecule is CC1CCC(Oc2ccc(N)c3cccnc23)CC1. The van der Waals surface area contributed by atoms with Gasteiger partial charge in [0.2, 0.25) is 0 Å². The molecule has 1 aliphatic rings. The number of anilines is 1. The minimum atomic E-state index is 0.324. The number of hydrogen-bond acceptors (Lipinski definition) is 3. The number of nitrogens with zero attached hydrogens (tertiary/aromatic N) is 1. The third kappa shape index (κ3) is 2.50. The predicted octanol–water partition coefficient (Wildman–Crippen LogP) is 3.77. The Morgan fingerprint density at radius 1 is 1.16 bits per heavy atom. The van der Waals surface area contributed by atoms with Crippen LogP contribution in [0.3, 0.4) is 0 Å². The smallest absolute Gasteiger partial charge is 0.146 e. The van der Waals surface area contributed by atoms with Gasteiger partial charge in [0.05, 0.1) is 6.10 Å². The number of aromatic nitrogens is 1. The summed E-state index contributed by atoms with van der Waals surface area (Å²) in [7, 11) is 0. The molecule has 0 radical (unpaired) electrons. The van der Waals surface area contributed by atoms with E-state index in [4.69, 9.17) is 10.5 Å². The van der Waals surface area contributed by atoms with E-state index in [1.165, 1.54) is 12.8 Å². The quantitative estimate of drug-likeness (QED) is 0.832. The molecule has 1 aliphatic carbocycles. The highest BCUT2D eigenvalue weighted by molar-refractivity contribution is 5.94. The summed E-state index contributed by atoms with van der Waals surface area (Å²) in [6.45, 7) is 2.32. The van der Waals surface area contributed by atoms with Gasteiger partial charge in [-0.2, -0.15) is 0 Å². The van der Waals surface area contributed by atoms with Crippen molar-refractivity contribution in [3.8, 4) is 5.75 Å². The van der Waals surface area contributed by atoms with Crippen LogP contribution in [0.4, 0.5) is 5.69 Å². The number of fused-ring (bicyclic) bond motifs is 1. The van der Waals surface area contributed by atoms with E-state index in [2.05, 4.69) is 11.9 Å². The molecule has 1 aromatic carbocycles. The summed E-state index contributed by atoms with van der Waals surface area (Å²) < 4.78 is 6.15. The fourth-order valence-corrected chi connectivity index (χ4v) is 2.79. The molecular weight excluding hydrogens is 236 g/mol. The highest BCUT2D eigenvalue weighted by Gasteiger charge is 2.20. The minimum absolute atomic E-state index is 0.324. The molecule has 0 unspecified atom stereocenters. The van der Waals surface area contributed by atoms with Gasteiger partial charge in [0.15, 0.2) is 0 Å². The lowest BCUT2D eigenvalue weighted by Gasteiger charge is -2.27. The molecule has 3 rings (SSSR count). The molecular formula is C16H20N2O. The molecule has 3 heteroatoms. The van der Waals surface area contributed by atoms with Gasteiger partial charge in [0.1, 0.15) is 11.3 Å². The third-order valence-electron chi connectivity index (χ3n) is 4.02. The molecule has 0 saturated heterocycles. The maximum absolute atomic E-state index is 6.15. The second-order valence-electron chi connectivity index (χ2n) is 5.55. The maximum Gasteiger partial charge on any atom is 0.146 e. The number of rotatable bonds is 2. The van der Waals surface area contributed by atoms with Crippen LogP contribution in [0.5, 0.6) is 5.75 Å². The number of pyridine rings is 1. The van der Waals surface area contributed by atoms with Gasteiger partial charge in [-0.05, 0) is 55.9 Å². The molecule has 1 saturated carbocycles. The van der Waals surface area contributed by atoms with Crippen molar-refractivity contribution in [2.75, 3.05) is 5.73 Å². The standard InChI is InChI=1S/C16H20N2O/c1-11-4-6-12(7-5-11)19-15-9-8-14(17)13-3-2-10-18-16(13)15/h2-3,8-12H,4-7,17H2,1H3. The molecule has 0 aliphatic heterocycles. The first-order valence-corrected chi connectivity index (χ1v) is 7.04. The first kappa shape index (κ1) is 12.3. The fourth-order valence-electron chi connectivity index (χ4n) is 2.79. The number of nitrogens with two attached hydrogens (primary N) is 1. The maximum atomic E-state index is 6.15. The molecule has 2 aromatic rings. The zero-order valence-corrected chi connectivity index (χ0v) is 11.3. The van der Waals surface area contributed by atoms with E-state index in [0.717, 1.165) is 41.1 Å². The number of benzene rings is 1. The summed E-state index contributed by atoms with van der Waals surface area (Å²) >= 11 is 0. The molecule has 100 valence electrons. The average molecular weight is 256 g/mol. The van der Waals surface area contributed by atoms with Crippen molar-refractivity contribution in [2.45, 2.75) is 38.7 Å². The molecule has 0 amide bonds. The van der Waals surface area contributed by atoms with Crippen LogP contribution in [-0.2, 0) is 0 Å². The van der Waals surface area contributed by atoms with E-state index in [9.17, 15) is 0 Å². The summed E-state index contributed by atoms with van der Waals surface area (Å²) in [5.41, 5.74) is 7.61. The van der Waals surface area contributed by atoms with Crippen LogP contribution in [-0.4, -0.2) is 11.1 Å². The van der Waals surface area contributed by atoms with Gasteiger partial charge in [-0.1, -0.05) is 6.92 Å². The van der Waals surface area contributed by atoms with Crippen molar-refractivity contribution < 1.29 is 4.74 Å². The summed E-state index contributed by atoms with van der Waals surface area (Å²) in [4.78, 5) is 4.42. The summed E-state index contributed by atoms with van der Waals surface area (Å²) in [5.74, 6) is 1.70. The van der Waals surface area contributed by atoms with Crippen molar-refractivity contribution in [1.82, 2.24) is 4.98 Å². The molecule has 0 spiro atoms. The van der Waals surface area contributed by atoms with Gasteiger partial charge >= 0.3 is 0 Å². The van der Waals surface area contributed by atoms with Crippen molar-refractivity contribution in [1.29, 1.82) is 0 Å².